The van der Waals surface area contributed by atoms with E-state index >= 15 is 0 Å². The maximum atomic E-state index is 12.3. The number of nitrogens with zero attached hydrogens (tertiary/aromatic N) is 3. The Balaban J connectivity index is 1.40. The molecule has 0 aliphatic carbocycles. The number of rotatable bonds is 2. The second kappa shape index (κ2) is 5.24. The minimum Gasteiger partial charge on any atom is -0.459 e. The van der Waals surface area contributed by atoms with Crippen LogP contribution in [0.5, 0.6) is 0 Å². The van der Waals surface area contributed by atoms with E-state index in [0.717, 1.165) is 0 Å². The largest absolute Gasteiger partial charge is 0.459 e. The Kier molecular flexibility index (Phi) is 3.22. The van der Waals surface area contributed by atoms with Gasteiger partial charge in [0, 0.05) is 43.4 Å². The zero-order valence-corrected chi connectivity index (χ0v) is 12.7. The lowest BCUT2D eigenvalue weighted by atomic mass is 10.0. The first-order chi connectivity index (χ1) is 10.7. The van der Waals surface area contributed by atoms with Gasteiger partial charge in [0.2, 0.25) is 0 Å². The van der Waals surface area contributed by atoms with E-state index in [4.69, 9.17) is 4.42 Å². The molecule has 22 heavy (non-hydrogen) atoms. The first-order valence-corrected chi connectivity index (χ1v) is 8.17. The Morgan fingerprint density at radius 3 is 2.36 bits per heavy atom. The van der Waals surface area contributed by atoms with Crippen molar-refractivity contribution in [3.63, 3.8) is 0 Å². The number of carbonyl (C=O) groups is 2. The number of likely N-dealkylation sites (tertiary alicyclic amines) is 2. The quantitative estimate of drug-likeness (QED) is 0.843. The normalized spacial score (nSPS) is 23.8. The maximum absolute atomic E-state index is 12.3. The molecule has 0 saturated carbocycles. The van der Waals surface area contributed by atoms with Crippen molar-refractivity contribution in [3.05, 3.63) is 40.7 Å². The summed E-state index contributed by atoms with van der Waals surface area (Å²) in [6.45, 7) is 2.77. The summed E-state index contributed by atoms with van der Waals surface area (Å²) >= 11 is 1.43. The summed E-state index contributed by atoms with van der Waals surface area (Å²) in [5, 5.41) is 1.78. The molecule has 0 radical (unpaired) electrons. The number of amides is 2. The Labute approximate surface area is 131 Å². The molecule has 0 N–H and O–H groups in total. The molecule has 2 amide bonds. The van der Waals surface area contributed by atoms with Crippen LogP contribution >= 0.6 is 11.3 Å². The molecule has 0 spiro atoms. The van der Waals surface area contributed by atoms with Gasteiger partial charge in [-0.05, 0) is 12.1 Å². The monoisotopic (exact) mass is 317 g/mol. The first kappa shape index (κ1) is 13.5. The third-order valence-corrected chi connectivity index (χ3v) is 5.03. The van der Waals surface area contributed by atoms with Gasteiger partial charge in [-0.3, -0.25) is 9.59 Å². The van der Waals surface area contributed by atoms with Crippen LogP contribution in [0.3, 0.4) is 0 Å². The Morgan fingerprint density at radius 1 is 1.14 bits per heavy atom. The van der Waals surface area contributed by atoms with Crippen LogP contribution in [0.2, 0.25) is 0 Å². The average Bonchev–Trinajstić information content (AvgIpc) is 3.28. The number of carbonyl (C=O) groups excluding carboxylic acids is 2. The van der Waals surface area contributed by atoms with Crippen LogP contribution in [0.25, 0.3) is 0 Å². The third kappa shape index (κ3) is 2.21. The highest BCUT2D eigenvalue weighted by Crippen LogP contribution is 2.32. The van der Waals surface area contributed by atoms with Crippen molar-refractivity contribution in [2.75, 3.05) is 26.2 Å². The van der Waals surface area contributed by atoms with Crippen molar-refractivity contribution in [1.82, 2.24) is 14.8 Å². The molecular weight excluding hydrogens is 302 g/mol. The van der Waals surface area contributed by atoms with Gasteiger partial charge in [0.25, 0.3) is 11.8 Å². The average molecular weight is 317 g/mol. The fraction of sp³-hybridized carbons (Fsp3) is 0.400. The Morgan fingerprint density at radius 2 is 1.82 bits per heavy atom. The van der Waals surface area contributed by atoms with E-state index in [9.17, 15) is 9.59 Å². The molecule has 2 aromatic heterocycles. The number of hydrogen-bond acceptors (Lipinski definition) is 5. The van der Waals surface area contributed by atoms with E-state index < -0.39 is 0 Å². The lowest BCUT2D eigenvalue weighted by Gasteiger charge is -2.20. The summed E-state index contributed by atoms with van der Waals surface area (Å²) < 4.78 is 5.18. The Hall–Kier alpha value is -2.15. The number of aromatic nitrogens is 1. The van der Waals surface area contributed by atoms with Gasteiger partial charge in [0.05, 0.1) is 11.8 Å². The standard InChI is InChI=1S/C15H15N3O3S/c19-14(12-8-22-9-16-12)17-4-10-6-18(7-11(10)5-17)15(20)13-2-1-3-21-13/h1-3,8-11H,4-7H2/t10-,11-/m1/s1. The van der Waals surface area contributed by atoms with Crippen LogP contribution in [0.4, 0.5) is 0 Å². The van der Waals surface area contributed by atoms with Crippen LogP contribution in [0.1, 0.15) is 21.0 Å². The van der Waals surface area contributed by atoms with Gasteiger partial charge in [-0.2, -0.15) is 0 Å². The smallest absolute Gasteiger partial charge is 0.289 e. The van der Waals surface area contributed by atoms with Crippen LogP contribution in [-0.2, 0) is 0 Å². The minimum absolute atomic E-state index is 0.000406. The van der Waals surface area contributed by atoms with Crippen molar-refractivity contribution in [2.45, 2.75) is 0 Å². The molecule has 2 saturated heterocycles. The lowest BCUT2D eigenvalue weighted by molar-refractivity contribution is 0.0717. The van der Waals surface area contributed by atoms with Crippen LogP contribution in [0, 0.1) is 11.8 Å². The van der Waals surface area contributed by atoms with E-state index in [1.807, 2.05) is 9.80 Å². The molecule has 4 heterocycles. The van der Waals surface area contributed by atoms with Gasteiger partial charge in [-0.1, -0.05) is 0 Å². The van der Waals surface area contributed by atoms with E-state index in [2.05, 4.69) is 4.98 Å². The summed E-state index contributed by atoms with van der Waals surface area (Å²) in [7, 11) is 0. The fourth-order valence-electron chi connectivity index (χ4n) is 3.36. The first-order valence-electron chi connectivity index (χ1n) is 7.22. The van der Waals surface area contributed by atoms with Gasteiger partial charge in [0.1, 0.15) is 5.69 Å². The van der Waals surface area contributed by atoms with Gasteiger partial charge in [-0.25, -0.2) is 4.98 Å². The molecule has 0 aromatic carbocycles. The SMILES string of the molecule is O=C(c1cscn1)N1C[C@@H]2CN(C(=O)c3ccco3)C[C@H]2C1. The summed E-state index contributed by atoms with van der Waals surface area (Å²) in [4.78, 5) is 32.4. The topological polar surface area (TPSA) is 66.7 Å². The summed E-state index contributed by atoms with van der Waals surface area (Å²) in [5.74, 6) is 1.02. The number of furan rings is 1. The van der Waals surface area contributed by atoms with Crippen molar-refractivity contribution >= 4 is 23.2 Å². The molecule has 2 aliphatic rings. The molecule has 4 rings (SSSR count). The van der Waals surface area contributed by atoms with Crippen LogP contribution < -0.4 is 0 Å². The highest BCUT2D eigenvalue weighted by molar-refractivity contribution is 7.07. The zero-order valence-electron chi connectivity index (χ0n) is 11.8. The number of hydrogen-bond donors (Lipinski definition) is 0. The van der Waals surface area contributed by atoms with E-state index in [1.54, 1.807) is 23.0 Å². The van der Waals surface area contributed by atoms with Crippen LogP contribution in [0.15, 0.2) is 33.7 Å². The van der Waals surface area contributed by atoms with Crippen molar-refractivity contribution in [1.29, 1.82) is 0 Å². The van der Waals surface area contributed by atoms with Crippen molar-refractivity contribution < 1.29 is 14.0 Å². The van der Waals surface area contributed by atoms with Gasteiger partial charge in [0.15, 0.2) is 5.76 Å². The van der Waals surface area contributed by atoms with Crippen LogP contribution in [-0.4, -0.2) is 52.8 Å². The molecular formula is C15H15N3O3S. The molecule has 2 aliphatic heterocycles. The van der Waals surface area contributed by atoms with Gasteiger partial charge < -0.3 is 14.2 Å². The minimum atomic E-state index is -0.0585. The highest BCUT2D eigenvalue weighted by atomic mass is 32.1. The summed E-state index contributed by atoms with van der Waals surface area (Å²) in [6, 6.07) is 3.41. The molecule has 2 aromatic rings. The molecule has 7 heteroatoms. The summed E-state index contributed by atoms with van der Waals surface area (Å²) in [5.41, 5.74) is 2.20. The fourth-order valence-corrected chi connectivity index (χ4v) is 3.89. The van der Waals surface area contributed by atoms with Crippen molar-refractivity contribution in [3.8, 4) is 0 Å². The van der Waals surface area contributed by atoms with E-state index in [-0.39, 0.29) is 11.8 Å². The number of fused-ring (bicyclic) bond motifs is 1. The predicted octanol–water partition coefficient (Wildman–Crippen LogP) is 1.58. The highest BCUT2D eigenvalue weighted by Gasteiger charge is 2.43. The molecule has 2 fully saturated rings. The van der Waals surface area contributed by atoms with Gasteiger partial charge in [-0.15, -0.1) is 11.3 Å². The number of thiazole rings is 1. The molecule has 2 atom stereocenters. The summed E-state index contributed by atoms with van der Waals surface area (Å²) in [6.07, 6.45) is 1.51. The third-order valence-electron chi connectivity index (χ3n) is 4.44. The molecule has 114 valence electrons. The zero-order chi connectivity index (χ0) is 15.1. The second-order valence-electron chi connectivity index (χ2n) is 5.79. The Bertz CT molecular complexity index is 611. The van der Waals surface area contributed by atoms with E-state index in [0.29, 0.717) is 49.5 Å². The maximum Gasteiger partial charge on any atom is 0.289 e. The lowest BCUT2D eigenvalue weighted by Crippen LogP contribution is -2.35. The molecule has 6 nitrogen and oxygen atoms in total. The van der Waals surface area contributed by atoms with E-state index in [1.165, 1.54) is 17.6 Å². The molecule has 0 unspecified atom stereocenters. The van der Waals surface area contributed by atoms with Crippen molar-refractivity contribution in [2.24, 2.45) is 11.8 Å². The second-order valence-corrected chi connectivity index (χ2v) is 6.51. The molecule has 0 bridgehead atoms. The predicted molar refractivity (Wildman–Crippen MR) is 79.6 cm³/mol. The van der Waals surface area contributed by atoms with Gasteiger partial charge >= 0.3 is 0 Å².